The van der Waals surface area contributed by atoms with Crippen molar-refractivity contribution >= 4 is 22.8 Å². The van der Waals surface area contributed by atoms with E-state index in [-0.39, 0.29) is 17.4 Å². The molecule has 0 amide bonds. The molecule has 5 nitrogen and oxygen atoms in total. The molecule has 1 aromatic carbocycles. The van der Waals surface area contributed by atoms with Crippen LogP contribution in [-0.2, 0) is 0 Å². The van der Waals surface area contributed by atoms with Crippen LogP contribution in [0.2, 0.25) is 0 Å². The van der Waals surface area contributed by atoms with Gasteiger partial charge < -0.3 is 11.5 Å². The Morgan fingerprint density at radius 1 is 1.18 bits per heavy atom. The monoisotopic (exact) mass is 237 g/mol. The maximum Gasteiger partial charge on any atom is 0.253 e. The summed E-state index contributed by atoms with van der Waals surface area (Å²) in [6, 6.07) is 2.02. The van der Waals surface area contributed by atoms with Crippen molar-refractivity contribution in [3.05, 3.63) is 29.5 Å². The van der Waals surface area contributed by atoms with Gasteiger partial charge in [0.15, 0.2) is 17.6 Å². The highest BCUT2D eigenvalue weighted by atomic mass is 19.2. The van der Waals surface area contributed by atoms with Crippen molar-refractivity contribution < 1.29 is 8.78 Å². The fraction of sp³-hybridized carbons (Fsp3) is 0.100. The van der Waals surface area contributed by atoms with Crippen molar-refractivity contribution in [3.63, 3.8) is 0 Å². The number of aryl methyl sites for hydroxylation is 1. The lowest BCUT2D eigenvalue weighted by Crippen LogP contribution is -2.22. The van der Waals surface area contributed by atoms with E-state index in [1.807, 2.05) is 0 Å². The number of aromatic nitrogens is 2. The third kappa shape index (κ3) is 2.12. The number of hydrogen-bond donors (Lipinski definition) is 2. The maximum absolute atomic E-state index is 13.1. The van der Waals surface area contributed by atoms with E-state index in [0.717, 1.165) is 12.1 Å². The number of nitrogens with zero attached hydrogens (tertiary/aromatic N) is 3. The standard InChI is InChI=1S/C10H9F2N5/c1-4-5-2-6(11)7(12)3-8(5)16-10(15-4)17-9(13)14/h2-3H,1H3,(H4,13,14,15,16,17). The molecule has 7 heteroatoms. The van der Waals surface area contributed by atoms with Crippen molar-refractivity contribution in [3.8, 4) is 0 Å². The number of halogens is 2. The lowest BCUT2D eigenvalue weighted by Gasteiger charge is -2.03. The SMILES string of the molecule is Cc1nc(N=C(N)N)nc2cc(F)c(F)cc12. The predicted molar refractivity (Wildman–Crippen MR) is 59.7 cm³/mol. The third-order valence-corrected chi connectivity index (χ3v) is 2.15. The summed E-state index contributed by atoms with van der Waals surface area (Å²) >= 11 is 0. The lowest BCUT2D eigenvalue weighted by molar-refractivity contribution is 0.510. The Balaban J connectivity index is 2.73. The number of guanidine groups is 1. The van der Waals surface area contributed by atoms with Crippen LogP contribution in [0.1, 0.15) is 5.69 Å². The molecule has 88 valence electrons. The fourth-order valence-corrected chi connectivity index (χ4v) is 1.43. The Labute approximate surface area is 95.2 Å². The highest BCUT2D eigenvalue weighted by Crippen LogP contribution is 2.21. The molecule has 0 aliphatic carbocycles. The normalized spacial score (nSPS) is 10.5. The van der Waals surface area contributed by atoms with Gasteiger partial charge in [0, 0.05) is 11.5 Å². The van der Waals surface area contributed by atoms with E-state index in [4.69, 9.17) is 11.5 Å². The first-order valence-corrected chi connectivity index (χ1v) is 4.70. The second kappa shape index (κ2) is 3.93. The Bertz CT molecular complexity index is 620. The van der Waals surface area contributed by atoms with E-state index in [2.05, 4.69) is 15.0 Å². The molecule has 2 aromatic rings. The van der Waals surface area contributed by atoms with Crippen LogP contribution in [0.25, 0.3) is 10.9 Å². The van der Waals surface area contributed by atoms with Gasteiger partial charge in [0.2, 0.25) is 0 Å². The van der Waals surface area contributed by atoms with Crippen molar-refractivity contribution in [2.24, 2.45) is 16.5 Å². The molecule has 0 radical (unpaired) electrons. The summed E-state index contributed by atoms with van der Waals surface area (Å²) in [5.74, 6) is -2.11. The van der Waals surface area contributed by atoms with Gasteiger partial charge in [-0.05, 0) is 13.0 Å². The minimum atomic E-state index is -0.980. The number of fused-ring (bicyclic) bond motifs is 1. The second-order valence-corrected chi connectivity index (χ2v) is 3.43. The number of hydrogen-bond acceptors (Lipinski definition) is 3. The molecule has 1 aromatic heterocycles. The summed E-state index contributed by atoms with van der Waals surface area (Å²) in [6.07, 6.45) is 0. The quantitative estimate of drug-likeness (QED) is 0.574. The average Bonchev–Trinajstić information content (AvgIpc) is 2.20. The topological polar surface area (TPSA) is 90.2 Å². The van der Waals surface area contributed by atoms with Crippen LogP contribution in [-0.4, -0.2) is 15.9 Å². The summed E-state index contributed by atoms with van der Waals surface area (Å²) < 4.78 is 26.1. The van der Waals surface area contributed by atoms with E-state index in [0.29, 0.717) is 11.1 Å². The molecular weight excluding hydrogens is 228 g/mol. The zero-order valence-electron chi connectivity index (χ0n) is 8.91. The van der Waals surface area contributed by atoms with Gasteiger partial charge >= 0.3 is 0 Å². The smallest absolute Gasteiger partial charge is 0.253 e. The van der Waals surface area contributed by atoms with Gasteiger partial charge in [-0.2, -0.15) is 4.99 Å². The molecule has 2 rings (SSSR count). The number of benzene rings is 1. The molecule has 4 N–H and O–H groups in total. The minimum absolute atomic E-state index is 0.0148. The first kappa shape index (κ1) is 11.2. The number of aliphatic imine (C=N–C) groups is 1. The minimum Gasteiger partial charge on any atom is -0.370 e. The van der Waals surface area contributed by atoms with Gasteiger partial charge in [0.05, 0.1) is 11.2 Å². The number of nitrogens with two attached hydrogens (primary N) is 2. The summed E-state index contributed by atoms with van der Waals surface area (Å²) in [7, 11) is 0. The van der Waals surface area contributed by atoms with Gasteiger partial charge in [0.25, 0.3) is 5.95 Å². The molecule has 1 heterocycles. The maximum atomic E-state index is 13.1. The van der Waals surface area contributed by atoms with E-state index in [1.165, 1.54) is 0 Å². The zero-order chi connectivity index (χ0) is 12.6. The van der Waals surface area contributed by atoms with Crippen LogP contribution in [0.4, 0.5) is 14.7 Å². The summed E-state index contributed by atoms with van der Waals surface area (Å²) in [5, 5.41) is 0.415. The van der Waals surface area contributed by atoms with Crippen molar-refractivity contribution in [2.45, 2.75) is 6.92 Å². The predicted octanol–water partition coefficient (Wildman–Crippen LogP) is 1.12. The Morgan fingerprint density at radius 2 is 1.82 bits per heavy atom. The third-order valence-electron chi connectivity index (χ3n) is 2.15. The van der Waals surface area contributed by atoms with Gasteiger partial charge in [-0.15, -0.1) is 0 Å². The van der Waals surface area contributed by atoms with E-state index < -0.39 is 11.6 Å². The van der Waals surface area contributed by atoms with Crippen molar-refractivity contribution in [1.82, 2.24) is 9.97 Å². The largest absolute Gasteiger partial charge is 0.370 e. The van der Waals surface area contributed by atoms with E-state index in [1.54, 1.807) is 6.92 Å². The molecule has 17 heavy (non-hydrogen) atoms. The first-order valence-electron chi connectivity index (χ1n) is 4.70. The second-order valence-electron chi connectivity index (χ2n) is 3.43. The Morgan fingerprint density at radius 3 is 2.47 bits per heavy atom. The highest BCUT2D eigenvalue weighted by Gasteiger charge is 2.09. The van der Waals surface area contributed by atoms with Crippen molar-refractivity contribution in [1.29, 1.82) is 0 Å². The molecule has 0 bridgehead atoms. The van der Waals surface area contributed by atoms with Gasteiger partial charge in [-0.3, -0.25) is 0 Å². The molecular formula is C10H9F2N5. The van der Waals surface area contributed by atoms with Gasteiger partial charge in [-0.1, -0.05) is 0 Å². The molecule has 0 aliphatic rings. The van der Waals surface area contributed by atoms with Crippen LogP contribution >= 0.6 is 0 Å². The molecule has 0 saturated heterocycles. The van der Waals surface area contributed by atoms with E-state index >= 15 is 0 Å². The summed E-state index contributed by atoms with van der Waals surface area (Å²) in [5.41, 5.74) is 11.1. The average molecular weight is 237 g/mol. The fourth-order valence-electron chi connectivity index (χ4n) is 1.43. The lowest BCUT2D eigenvalue weighted by atomic mass is 10.2. The molecule has 0 atom stereocenters. The summed E-state index contributed by atoms with van der Waals surface area (Å²) in [4.78, 5) is 11.5. The van der Waals surface area contributed by atoms with Gasteiger partial charge in [0.1, 0.15) is 0 Å². The summed E-state index contributed by atoms with van der Waals surface area (Å²) in [6.45, 7) is 1.63. The number of rotatable bonds is 1. The molecule has 0 fully saturated rings. The van der Waals surface area contributed by atoms with Crippen LogP contribution in [0.3, 0.4) is 0 Å². The van der Waals surface area contributed by atoms with Gasteiger partial charge in [-0.25, -0.2) is 18.7 Å². The Hall–Kier alpha value is -2.31. The van der Waals surface area contributed by atoms with E-state index in [9.17, 15) is 8.78 Å². The van der Waals surface area contributed by atoms with Crippen molar-refractivity contribution in [2.75, 3.05) is 0 Å². The Kier molecular flexibility index (Phi) is 2.58. The molecule has 0 spiro atoms. The van der Waals surface area contributed by atoms with Crippen LogP contribution in [0.5, 0.6) is 0 Å². The van der Waals surface area contributed by atoms with Crippen LogP contribution in [0, 0.1) is 18.6 Å². The van der Waals surface area contributed by atoms with Crippen LogP contribution < -0.4 is 11.5 Å². The molecule has 0 aliphatic heterocycles. The first-order chi connectivity index (χ1) is 7.97. The highest BCUT2D eigenvalue weighted by molar-refractivity contribution is 5.83. The van der Waals surface area contributed by atoms with Crippen LogP contribution in [0.15, 0.2) is 17.1 Å². The zero-order valence-corrected chi connectivity index (χ0v) is 8.91. The molecule has 0 saturated carbocycles. The molecule has 0 unspecified atom stereocenters.